The molecule has 1 aromatic carbocycles. The molecule has 1 atom stereocenters. The fraction of sp³-hybridized carbons (Fsp3) is 0.400. The maximum absolute atomic E-state index is 13.2. The molecule has 1 aromatic heterocycles. The first-order valence-electron chi connectivity index (χ1n) is 7.24. The fourth-order valence-electron chi connectivity index (χ4n) is 2.60. The third-order valence-electron chi connectivity index (χ3n) is 3.68. The summed E-state index contributed by atoms with van der Waals surface area (Å²) in [6.07, 6.45) is 2.58. The van der Waals surface area contributed by atoms with Crippen molar-refractivity contribution < 1.29 is 14.3 Å². The monoisotopic (exact) mass is 304 g/mol. The Morgan fingerprint density at radius 2 is 2.32 bits per heavy atom. The Hall–Kier alpha value is -2.28. The summed E-state index contributed by atoms with van der Waals surface area (Å²) >= 11 is 0. The minimum atomic E-state index is -0.472. The van der Waals surface area contributed by atoms with E-state index in [4.69, 9.17) is 0 Å². The lowest BCUT2D eigenvalue weighted by atomic mass is 10.1. The lowest BCUT2D eigenvalue weighted by Gasteiger charge is -2.29. The van der Waals surface area contributed by atoms with Crippen molar-refractivity contribution in [3.8, 4) is 0 Å². The number of benzene rings is 1. The van der Waals surface area contributed by atoms with Crippen LogP contribution in [0.15, 0.2) is 30.5 Å². The standard InChI is InChI=1S/C15H17FN4O2/c16-12-4-1-3-11(7-12)8-20-10-14(17-18-20)15(22)19-6-2-5-13(21)9-19/h1,3-4,7,10,13,21H,2,5-6,8-9H2. The van der Waals surface area contributed by atoms with E-state index in [1.54, 1.807) is 23.2 Å². The first-order valence-corrected chi connectivity index (χ1v) is 7.24. The summed E-state index contributed by atoms with van der Waals surface area (Å²) < 4.78 is 14.7. The molecule has 2 aromatic rings. The Kier molecular flexibility index (Phi) is 4.15. The number of carbonyl (C=O) groups excluding carboxylic acids is 1. The quantitative estimate of drug-likeness (QED) is 0.920. The number of hydrogen-bond acceptors (Lipinski definition) is 4. The van der Waals surface area contributed by atoms with E-state index in [-0.39, 0.29) is 17.4 Å². The Morgan fingerprint density at radius 1 is 1.45 bits per heavy atom. The first-order chi connectivity index (χ1) is 10.6. The van der Waals surface area contributed by atoms with Crippen molar-refractivity contribution in [1.29, 1.82) is 0 Å². The van der Waals surface area contributed by atoms with Crippen LogP contribution in [0.1, 0.15) is 28.9 Å². The van der Waals surface area contributed by atoms with Gasteiger partial charge in [-0.1, -0.05) is 17.3 Å². The zero-order valence-electron chi connectivity index (χ0n) is 12.0. The minimum absolute atomic E-state index is 0.232. The highest BCUT2D eigenvalue weighted by Crippen LogP contribution is 2.13. The van der Waals surface area contributed by atoms with Crippen LogP contribution in [0.3, 0.4) is 0 Å². The minimum Gasteiger partial charge on any atom is -0.391 e. The highest BCUT2D eigenvalue weighted by atomic mass is 19.1. The molecule has 1 fully saturated rings. The van der Waals surface area contributed by atoms with Crippen LogP contribution in [-0.2, 0) is 6.54 Å². The topological polar surface area (TPSA) is 71.2 Å². The lowest BCUT2D eigenvalue weighted by molar-refractivity contribution is 0.0469. The number of likely N-dealkylation sites (tertiary alicyclic amines) is 1. The van der Waals surface area contributed by atoms with E-state index in [0.717, 1.165) is 18.4 Å². The van der Waals surface area contributed by atoms with Crippen molar-refractivity contribution in [2.24, 2.45) is 0 Å². The van der Waals surface area contributed by atoms with Gasteiger partial charge < -0.3 is 10.0 Å². The molecule has 1 N–H and O–H groups in total. The SMILES string of the molecule is O=C(c1cn(Cc2cccc(F)c2)nn1)N1CCCC(O)C1. The zero-order chi connectivity index (χ0) is 15.5. The van der Waals surface area contributed by atoms with Gasteiger partial charge >= 0.3 is 0 Å². The molecule has 0 spiro atoms. The number of halogens is 1. The summed E-state index contributed by atoms with van der Waals surface area (Å²) in [5.41, 5.74) is 0.989. The molecule has 7 heteroatoms. The van der Waals surface area contributed by atoms with Gasteiger partial charge in [-0.15, -0.1) is 5.10 Å². The third kappa shape index (κ3) is 3.30. The molecule has 22 heavy (non-hydrogen) atoms. The summed E-state index contributed by atoms with van der Waals surface area (Å²) in [7, 11) is 0. The number of nitrogens with zero attached hydrogens (tertiary/aromatic N) is 4. The molecule has 1 aliphatic heterocycles. The number of aliphatic hydroxyl groups is 1. The van der Waals surface area contributed by atoms with Crippen molar-refractivity contribution in [2.45, 2.75) is 25.5 Å². The average Bonchev–Trinajstić information content (AvgIpc) is 2.95. The van der Waals surface area contributed by atoms with Gasteiger partial charge in [0, 0.05) is 13.1 Å². The van der Waals surface area contributed by atoms with E-state index in [2.05, 4.69) is 10.3 Å². The van der Waals surface area contributed by atoms with Gasteiger partial charge in [-0.25, -0.2) is 9.07 Å². The highest BCUT2D eigenvalue weighted by molar-refractivity contribution is 5.92. The molecule has 2 heterocycles. The smallest absolute Gasteiger partial charge is 0.276 e. The number of rotatable bonds is 3. The lowest BCUT2D eigenvalue weighted by Crippen LogP contribution is -2.42. The van der Waals surface area contributed by atoms with Gasteiger partial charge in [0.05, 0.1) is 18.8 Å². The van der Waals surface area contributed by atoms with Crippen LogP contribution >= 0.6 is 0 Å². The third-order valence-corrected chi connectivity index (χ3v) is 3.68. The Labute approximate surface area is 127 Å². The number of hydrogen-bond donors (Lipinski definition) is 1. The second kappa shape index (κ2) is 6.23. The second-order valence-corrected chi connectivity index (χ2v) is 5.48. The van der Waals surface area contributed by atoms with Gasteiger partial charge in [0.25, 0.3) is 5.91 Å². The highest BCUT2D eigenvalue weighted by Gasteiger charge is 2.24. The van der Waals surface area contributed by atoms with Crippen LogP contribution in [0.25, 0.3) is 0 Å². The van der Waals surface area contributed by atoms with Gasteiger partial charge in [-0.3, -0.25) is 4.79 Å². The van der Waals surface area contributed by atoms with Crippen LogP contribution in [0.5, 0.6) is 0 Å². The molecule has 0 saturated carbocycles. The molecule has 3 rings (SSSR count). The zero-order valence-corrected chi connectivity index (χ0v) is 12.0. The molecular formula is C15H17FN4O2. The number of amides is 1. The van der Waals surface area contributed by atoms with E-state index < -0.39 is 6.10 Å². The summed E-state index contributed by atoms with van der Waals surface area (Å²) in [5.74, 6) is -0.541. The maximum Gasteiger partial charge on any atom is 0.276 e. The van der Waals surface area contributed by atoms with Gasteiger partial charge in [0.15, 0.2) is 5.69 Å². The molecule has 6 nitrogen and oxygen atoms in total. The maximum atomic E-state index is 13.2. The molecule has 1 aliphatic rings. The van der Waals surface area contributed by atoms with Gasteiger partial charge in [-0.2, -0.15) is 0 Å². The average molecular weight is 304 g/mol. The van der Waals surface area contributed by atoms with Crippen LogP contribution in [0, 0.1) is 5.82 Å². The van der Waals surface area contributed by atoms with Crippen LogP contribution in [0.4, 0.5) is 4.39 Å². The number of piperidine rings is 1. The molecular weight excluding hydrogens is 287 g/mol. The van der Waals surface area contributed by atoms with E-state index >= 15 is 0 Å². The van der Waals surface area contributed by atoms with Crippen LogP contribution in [0.2, 0.25) is 0 Å². The Balaban J connectivity index is 1.69. The van der Waals surface area contributed by atoms with Gasteiger partial charge in [0.2, 0.25) is 0 Å². The Morgan fingerprint density at radius 3 is 3.09 bits per heavy atom. The van der Waals surface area contributed by atoms with E-state index in [1.165, 1.54) is 16.8 Å². The number of aromatic nitrogens is 3. The summed E-state index contributed by atoms with van der Waals surface area (Å²) in [4.78, 5) is 13.9. The van der Waals surface area contributed by atoms with E-state index in [9.17, 15) is 14.3 Å². The summed E-state index contributed by atoms with van der Waals surface area (Å²) in [5, 5.41) is 17.4. The Bertz CT molecular complexity index is 673. The molecule has 1 amide bonds. The van der Waals surface area contributed by atoms with Crippen molar-refractivity contribution in [1.82, 2.24) is 19.9 Å². The number of aliphatic hydroxyl groups excluding tert-OH is 1. The van der Waals surface area contributed by atoms with Crippen LogP contribution < -0.4 is 0 Å². The van der Waals surface area contributed by atoms with Gasteiger partial charge in [-0.05, 0) is 30.5 Å². The molecule has 0 radical (unpaired) electrons. The predicted molar refractivity (Wildman–Crippen MR) is 76.7 cm³/mol. The summed E-state index contributed by atoms with van der Waals surface area (Å²) in [6.45, 7) is 1.29. The fourth-order valence-corrected chi connectivity index (χ4v) is 2.60. The number of β-amino-alcohol motifs (C(OH)–C–C–N with tert-alkyl or cyclic N) is 1. The second-order valence-electron chi connectivity index (χ2n) is 5.48. The van der Waals surface area contributed by atoms with Crippen LogP contribution in [-0.4, -0.2) is 50.1 Å². The first kappa shape index (κ1) is 14.6. The predicted octanol–water partition coefficient (Wildman–Crippen LogP) is 1.06. The van der Waals surface area contributed by atoms with E-state index in [1.807, 2.05) is 0 Å². The molecule has 0 bridgehead atoms. The molecule has 1 saturated heterocycles. The van der Waals surface area contributed by atoms with Crippen molar-refractivity contribution in [3.05, 3.63) is 47.5 Å². The number of carbonyl (C=O) groups is 1. The van der Waals surface area contributed by atoms with Crippen molar-refractivity contribution in [2.75, 3.05) is 13.1 Å². The van der Waals surface area contributed by atoms with Crippen molar-refractivity contribution in [3.63, 3.8) is 0 Å². The van der Waals surface area contributed by atoms with E-state index in [0.29, 0.717) is 19.6 Å². The summed E-state index contributed by atoms with van der Waals surface area (Å²) in [6, 6.07) is 6.21. The molecule has 116 valence electrons. The van der Waals surface area contributed by atoms with Gasteiger partial charge in [0.1, 0.15) is 5.82 Å². The normalized spacial score (nSPS) is 18.5. The largest absolute Gasteiger partial charge is 0.391 e. The molecule has 0 aliphatic carbocycles. The van der Waals surface area contributed by atoms with Crippen molar-refractivity contribution >= 4 is 5.91 Å². The molecule has 1 unspecified atom stereocenters.